The van der Waals surface area contributed by atoms with E-state index in [0.29, 0.717) is 49.6 Å². The molecule has 0 atom stereocenters. The molecule has 0 bridgehead atoms. The van der Waals surface area contributed by atoms with Gasteiger partial charge in [-0.25, -0.2) is 0 Å². The van der Waals surface area contributed by atoms with Crippen LogP contribution in [0.15, 0.2) is 59.1 Å². The van der Waals surface area contributed by atoms with E-state index in [1.165, 1.54) is 0 Å². The van der Waals surface area contributed by atoms with Crippen LogP contribution >= 0.6 is 0 Å². The van der Waals surface area contributed by atoms with Gasteiger partial charge in [-0.05, 0) is 62.1 Å². The molecular formula is C28H34N4O4. The Labute approximate surface area is 212 Å². The average Bonchev–Trinajstić information content (AvgIpc) is 3.41. The lowest BCUT2D eigenvalue weighted by molar-refractivity contribution is -0.134. The molecule has 3 aromatic rings. The summed E-state index contributed by atoms with van der Waals surface area (Å²) in [5.74, 6) is 2.05. The van der Waals surface area contributed by atoms with E-state index in [1.54, 1.807) is 7.11 Å². The fourth-order valence-corrected chi connectivity index (χ4v) is 4.64. The van der Waals surface area contributed by atoms with Crippen LogP contribution < -0.4 is 4.74 Å². The summed E-state index contributed by atoms with van der Waals surface area (Å²) in [4.78, 5) is 34.3. The summed E-state index contributed by atoms with van der Waals surface area (Å²) in [7, 11) is 1.63. The Morgan fingerprint density at radius 1 is 1.08 bits per heavy atom. The van der Waals surface area contributed by atoms with E-state index in [2.05, 4.69) is 17.1 Å². The van der Waals surface area contributed by atoms with E-state index < -0.39 is 0 Å². The van der Waals surface area contributed by atoms with Gasteiger partial charge < -0.3 is 19.1 Å². The highest BCUT2D eigenvalue weighted by molar-refractivity contribution is 5.94. The number of aromatic nitrogens is 2. The van der Waals surface area contributed by atoms with E-state index in [1.807, 2.05) is 64.4 Å². The van der Waals surface area contributed by atoms with Crippen molar-refractivity contribution < 1.29 is 18.8 Å². The van der Waals surface area contributed by atoms with Gasteiger partial charge in [0, 0.05) is 49.6 Å². The number of likely N-dealkylation sites (tertiary alicyclic amines) is 1. The number of piperidine rings is 1. The van der Waals surface area contributed by atoms with Gasteiger partial charge in [0.05, 0.1) is 7.11 Å². The molecule has 8 heteroatoms. The SMILES string of the molecule is CCCN(C(=O)CCCc1nc(-c2ccc(OC)cc2)no1)C1CCN(C(=O)c2ccccc2)CC1. The molecule has 0 radical (unpaired) electrons. The molecule has 0 spiro atoms. The minimum atomic E-state index is 0.0657. The molecule has 1 saturated heterocycles. The van der Waals surface area contributed by atoms with Crippen LogP contribution in [-0.2, 0) is 11.2 Å². The van der Waals surface area contributed by atoms with Crippen LogP contribution in [0.4, 0.5) is 0 Å². The summed E-state index contributed by atoms with van der Waals surface area (Å²) < 4.78 is 10.6. The molecule has 2 amide bonds. The number of carbonyl (C=O) groups is 2. The summed E-state index contributed by atoms with van der Waals surface area (Å²) in [6.07, 6.45) is 4.15. The number of benzene rings is 2. The predicted molar refractivity (Wildman–Crippen MR) is 137 cm³/mol. The van der Waals surface area contributed by atoms with Crippen LogP contribution in [-0.4, -0.2) is 64.5 Å². The van der Waals surface area contributed by atoms with Crippen molar-refractivity contribution >= 4 is 11.8 Å². The molecule has 2 heterocycles. The van der Waals surface area contributed by atoms with Crippen molar-refractivity contribution in [2.75, 3.05) is 26.7 Å². The molecule has 0 unspecified atom stereocenters. The Hall–Kier alpha value is -3.68. The molecule has 1 aliphatic rings. The summed E-state index contributed by atoms with van der Waals surface area (Å²) in [6.45, 7) is 4.16. The average molecular weight is 491 g/mol. The molecule has 36 heavy (non-hydrogen) atoms. The first-order valence-corrected chi connectivity index (χ1v) is 12.7. The summed E-state index contributed by atoms with van der Waals surface area (Å²) in [6, 6.07) is 17.0. The molecular weight excluding hydrogens is 456 g/mol. The van der Waals surface area contributed by atoms with E-state index in [4.69, 9.17) is 9.26 Å². The first kappa shape index (κ1) is 25.4. The second-order valence-electron chi connectivity index (χ2n) is 9.07. The van der Waals surface area contributed by atoms with Gasteiger partial charge in [-0.1, -0.05) is 30.3 Å². The molecule has 8 nitrogen and oxygen atoms in total. The van der Waals surface area contributed by atoms with Gasteiger partial charge in [0.15, 0.2) is 0 Å². The Balaban J connectivity index is 1.26. The first-order chi connectivity index (χ1) is 17.6. The van der Waals surface area contributed by atoms with Crippen molar-refractivity contribution in [1.82, 2.24) is 19.9 Å². The van der Waals surface area contributed by atoms with Crippen LogP contribution in [0.25, 0.3) is 11.4 Å². The smallest absolute Gasteiger partial charge is 0.253 e. The van der Waals surface area contributed by atoms with Crippen molar-refractivity contribution in [3.8, 4) is 17.1 Å². The summed E-state index contributed by atoms with van der Waals surface area (Å²) in [5.41, 5.74) is 1.57. The summed E-state index contributed by atoms with van der Waals surface area (Å²) >= 11 is 0. The molecule has 0 N–H and O–H groups in total. The maximum Gasteiger partial charge on any atom is 0.253 e. The zero-order valence-electron chi connectivity index (χ0n) is 21.1. The lowest BCUT2D eigenvalue weighted by Crippen LogP contribution is -2.49. The predicted octanol–water partition coefficient (Wildman–Crippen LogP) is 4.61. The minimum Gasteiger partial charge on any atom is -0.497 e. The van der Waals surface area contributed by atoms with Crippen molar-refractivity contribution in [2.24, 2.45) is 0 Å². The normalized spacial score (nSPS) is 14.0. The number of hydrogen-bond donors (Lipinski definition) is 0. The van der Waals surface area contributed by atoms with Gasteiger partial charge in [0.25, 0.3) is 5.91 Å². The standard InChI is InChI=1S/C28H34N4O4/c1-3-18-32(23-16-19-31(20-17-23)28(34)22-8-5-4-6-9-22)26(33)11-7-10-25-29-27(30-36-25)21-12-14-24(35-2)15-13-21/h4-6,8-9,12-15,23H,3,7,10-11,16-20H2,1-2H3. The number of nitrogens with zero attached hydrogens (tertiary/aromatic N) is 4. The van der Waals surface area contributed by atoms with Crippen LogP contribution in [0, 0.1) is 0 Å². The van der Waals surface area contributed by atoms with Gasteiger partial charge in [-0.2, -0.15) is 4.98 Å². The molecule has 190 valence electrons. The maximum absolute atomic E-state index is 13.1. The highest BCUT2D eigenvalue weighted by Gasteiger charge is 2.29. The van der Waals surface area contributed by atoms with Crippen LogP contribution in [0.3, 0.4) is 0 Å². The maximum atomic E-state index is 13.1. The molecule has 2 aromatic carbocycles. The second-order valence-corrected chi connectivity index (χ2v) is 9.07. The Morgan fingerprint density at radius 3 is 2.47 bits per heavy atom. The number of aryl methyl sites for hydroxylation is 1. The minimum absolute atomic E-state index is 0.0657. The largest absolute Gasteiger partial charge is 0.497 e. The number of ether oxygens (including phenoxy) is 1. The highest BCUT2D eigenvalue weighted by atomic mass is 16.5. The fourth-order valence-electron chi connectivity index (χ4n) is 4.64. The lowest BCUT2D eigenvalue weighted by Gasteiger charge is -2.38. The monoisotopic (exact) mass is 490 g/mol. The molecule has 1 aliphatic heterocycles. The van der Waals surface area contributed by atoms with E-state index in [9.17, 15) is 9.59 Å². The first-order valence-electron chi connectivity index (χ1n) is 12.7. The number of carbonyl (C=O) groups excluding carboxylic acids is 2. The van der Waals surface area contributed by atoms with Gasteiger partial charge in [0.1, 0.15) is 5.75 Å². The molecule has 0 saturated carbocycles. The van der Waals surface area contributed by atoms with Crippen molar-refractivity contribution in [2.45, 2.75) is 51.5 Å². The number of rotatable bonds is 10. The van der Waals surface area contributed by atoms with Crippen molar-refractivity contribution in [3.63, 3.8) is 0 Å². The van der Waals surface area contributed by atoms with Gasteiger partial charge in [-0.15, -0.1) is 0 Å². The molecule has 1 fully saturated rings. The Kier molecular flexibility index (Phi) is 8.71. The van der Waals surface area contributed by atoms with Crippen molar-refractivity contribution in [3.05, 3.63) is 66.1 Å². The van der Waals surface area contributed by atoms with Crippen LogP contribution in [0.2, 0.25) is 0 Å². The Bertz CT molecular complexity index is 1120. The summed E-state index contributed by atoms with van der Waals surface area (Å²) in [5, 5.41) is 4.07. The lowest BCUT2D eigenvalue weighted by atomic mass is 10.0. The van der Waals surface area contributed by atoms with E-state index >= 15 is 0 Å². The van der Waals surface area contributed by atoms with Crippen LogP contribution in [0.5, 0.6) is 5.75 Å². The van der Waals surface area contributed by atoms with Gasteiger partial charge in [-0.3, -0.25) is 9.59 Å². The van der Waals surface area contributed by atoms with Gasteiger partial charge >= 0.3 is 0 Å². The van der Waals surface area contributed by atoms with Gasteiger partial charge in [0.2, 0.25) is 17.6 Å². The zero-order valence-corrected chi connectivity index (χ0v) is 21.1. The third-order valence-corrected chi connectivity index (χ3v) is 6.60. The topological polar surface area (TPSA) is 88.8 Å². The van der Waals surface area contributed by atoms with Crippen LogP contribution in [0.1, 0.15) is 55.3 Å². The third-order valence-electron chi connectivity index (χ3n) is 6.60. The molecule has 1 aromatic heterocycles. The fraction of sp³-hybridized carbons (Fsp3) is 0.429. The number of methoxy groups -OCH3 is 1. The number of hydrogen-bond acceptors (Lipinski definition) is 6. The van der Waals surface area contributed by atoms with E-state index in [0.717, 1.165) is 37.1 Å². The molecule has 0 aliphatic carbocycles. The Morgan fingerprint density at radius 2 is 1.81 bits per heavy atom. The zero-order chi connectivity index (χ0) is 25.3. The quantitative estimate of drug-likeness (QED) is 0.412. The highest BCUT2D eigenvalue weighted by Crippen LogP contribution is 2.22. The van der Waals surface area contributed by atoms with E-state index in [-0.39, 0.29) is 17.9 Å². The third kappa shape index (κ3) is 6.30. The number of amides is 2. The second kappa shape index (κ2) is 12.3. The van der Waals surface area contributed by atoms with Crippen molar-refractivity contribution in [1.29, 1.82) is 0 Å². The molecule has 4 rings (SSSR count).